The lowest BCUT2D eigenvalue weighted by Gasteiger charge is -2.16. The van der Waals surface area contributed by atoms with Crippen molar-refractivity contribution in [2.75, 3.05) is 26.5 Å². The highest BCUT2D eigenvalue weighted by atomic mass is 32.2. The van der Waals surface area contributed by atoms with Crippen molar-refractivity contribution in [2.45, 2.75) is 11.4 Å². The maximum Gasteiger partial charge on any atom is 0.181 e. The van der Waals surface area contributed by atoms with Crippen LogP contribution in [0, 0.1) is 0 Å². The fourth-order valence-electron chi connectivity index (χ4n) is 2.94. The Morgan fingerprint density at radius 1 is 1.15 bits per heavy atom. The van der Waals surface area contributed by atoms with Gasteiger partial charge in [-0.25, -0.2) is 13.5 Å². The minimum absolute atomic E-state index is 0.113. The Morgan fingerprint density at radius 2 is 1.89 bits per heavy atom. The van der Waals surface area contributed by atoms with Crippen LogP contribution in [0.5, 0.6) is 0 Å². The Morgan fingerprint density at radius 3 is 2.48 bits per heavy atom. The molecule has 0 spiro atoms. The van der Waals surface area contributed by atoms with Gasteiger partial charge in [0, 0.05) is 24.9 Å². The van der Waals surface area contributed by atoms with E-state index in [-0.39, 0.29) is 11.5 Å². The van der Waals surface area contributed by atoms with E-state index < -0.39 is 9.84 Å². The summed E-state index contributed by atoms with van der Waals surface area (Å²) < 4.78 is 24.5. The molecule has 0 amide bonds. The van der Waals surface area contributed by atoms with E-state index in [4.69, 9.17) is 5.11 Å². The third-order valence-corrected chi connectivity index (χ3v) is 5.35. The monoisotopic (exact) mass is 387 g/mol. The maximum atomic E-state index is 12.3. The number of aromatic nitrogens is 4. The van der Waals surface area contributed by atoms with Gasteiger partial charge in [-0.2, -0.15) is 0 Å². The van der Waals surface area contributed by atoms with Gasteiger partial charge in [-0.15, -0.1) is 5.10 Å². The summed E-state index contributed by atoms with van der Waals surface area (Å²) in [7, 11) is -1.53. The van der Waals surface area contributed by atoms with Gasteiger partial charge in [-0.05, 0) is 40.2 Å². The molecule has 0 aliphatic carbocycles. The van der Waals surface area contributed by atoms with Crippen molar-refractivity contribution >= 4 is 9.84 Å². The Balaban J connectivity index is 2.05. The number of aliphatic hydroxyl groups excluding tert-OH is 1. The van der Waals surface area contributed by atoms with Crippen molar-refractivity contribution in [1.82, 2.24) is 25.5 Å². The first-order chi connectivity index (χ1) is 12.9. The number of tetrazole rings is 1. The van der Waals surface area contributed by atoms with Gasteiger partial charge in [0.2, 0.25) is 0 Å². The number of sulfone groups is 1. The fourth-order valence-corrected chi connectivity index (χ4v) is 3.84. The number of nitrogens with zero attached hydrogens (tertiary/aromatic N) is 4. The molecule has 142 valence electrons. The Hall–Kier alpha value is -2.62. The molecule has 3 aromatic rings. The Labute approximate surface area is 157 Å². The highest BCUT2D eigenvalue weighted by molar-refractivity contribution is 7.90. The van der Waals surface area contributed by atoms with Crippen molar-refractivity contribution in [3.05, 3.63) is 48.0 Å². The summed E-state index contributed by atoms with van der Waals surface area (Å²) in [5.74, 6) is 0.304. The molecule has 2 aromatic carbocycles. The second-order valence-electron chi connectivity index (χ2n) is 6.36. The van der Waals surface area contributed by atoms with Crippen LogP contribution in [-0.4, -0.2) is 65.5 Å². The Kier molecular flexibility index (Phi) is 5.64. The molecule has 0 aliphatic heterocycles. The second-order valence-corrected chi connectivity index (χ2v) is 8.34. The number of aromatic amines is 1. The maximum absolute atomic E-state index is 12.3. The lowest BCUT2D eigenvalue weighted by Crippen LogP contribution is -2.21. The van der Waals surface area contributed by atoms with E-state index in [1.807, 2.05) is 42.3 Å². The largest absolute Gasteiger partial charge is 0.395 e. The van der Waals surface area contributed by atoms with Crippen molar-refractivity contribution in [3.8, 4) is 22.5 Å². The van der Waals surface area contributed by atoms with E-state index in [0.717, 1.165) is 16.7 Å². The van der Waals surface area contributed by atoms with Crippen LogP contribution in [0.2, 0.25) is 0 Å². The van der Waals surface area contributed by atoms with Crippen LogP contribution in [0.3, 0.4) is 0 Å². The fraction of sp³-hybridized carbons (Fsp3) is 0.278. The zero-order chi connectivity index (χ0) is 19.4. The molecule has 0 saturated carbocycles. The molecule has 27 heavy (non-hydrogen) atoms. The molecule has 0 bridgehead atoms. The van der Waals surface area contributed by atoms with Crippen molar-refractivity contribution in [3.63, 3.8) is 0 Å². The number of rotatable bonds is 7. The summed E-state index contributed by atoms with van der Waals surface area (Å²) in [5, 5.41) is 22.7. The molecule has 0 radical (unpaired) electrons. The van der Waals surface area contributed by atoms with Gasteiger partial charge in [-0.3, -0.25) is 4.90 Å². The molecule has 0 fully saturated rings. The van der Waals surface area contributed by atoms with Crippen LogP contribution in [0.25, 0.3) is 22.5 Å². The minimum atomic E-state index is -3.47. The SMILES string of the molecule is CN(CCO)Cc1ccc(-c2cccc(S(C)(=O)=O)c2-c2nnn[nH]2)cc1. The van der Waals surface area contributed by atoms with Crippen LogP contribution < -0.4 is 0 Å². The summed E-state index contributed by atoms with van der Waals surface area (Å²) in [6.07, 6.45) is 1.17. The van der Waals surface area contributed by atoms with Crippen LogP contribution in [0.4, 0.5) is 0 Å². The summed E-state index contributed by atoms with van der Waals surface area (Å²) in [5.41, 5.74) is 3.14. The number of benzene rings is 2. The smallest absolute Gasteiger partial charge is 0.181 e. The van der Waals surface area contributed by atoms with Gasteiger partial charge in [0.25, 0.3) is 0 Å². The molecule has 8 nitrogen and oxygen atoms in total. The van der Waals surface area contributed by atoms with Crippen LogP contribution in [-0.2, 0) is 16.4 Å². The van der Waals surface area contributed by atoms with Crippen LogP contribution >= 0.6 is 0 Å². The van der Waals surface area contributed by atoms with Gasteiger partial charge in [0.1, 0.15) is 0 Å². The van der Waals surface area contributed by atoms with Gasteiger partial charge in [-0.1, -0.05) is 36.4 Å². The molecular weight excluding hydrogens is 366 g/mol. The van der Waals surface area contributed by atoms with Gasteiger partial charge < -0.3 is 5.11 Å². The number of hydrogen-bond donors (Lipinski definition) is 2. The van der Waals surface area contributed by atoms with Gasteiger partial charge in [0.15, 0.2) is 15.7 Å². The Bertz CT molecular complexity index is 1000. The number of hydrogen-bond acceptors (Lipinski definition) is 7. The van der Waals surface area contributed by atoms with E-state index in [2.05, 4.69) is 20.6 Å². The highest BCUT2D eigenvalue weighted by Crippen LogP contribution is 2.35. The minimum Gasteiger partial charge on any atom is -0.395 e. The number of H-pyrrole nitrogens is 1. The van der Waals surface area contributed by atoms with Crippen molar-refractivity contribution in [1.29, 1.82) is 0 Å². The van der Waals surface area contributed by atoms with E-state index in [0.29, 0.717) is 24.5 Å². The third-order valence-electron chi connectivity index (χ3n) is 4.21. The van der Waals surface area contributed by atoms with Crippen molar-refractivity contribution < 1.29 is 13.5 Å². The summed E-state index contributed by atoms with van der Waals surface area (Å²) in [4.78, 5) is 2.19. The molecule has 1 heterocycles. The molecule has 0 atom stereocenters. The topological polar surface area (TPSA) is 112 Å². The highest BCUT2D eigenvalue weighted by Gasteiger charge is 2.21. The van der Waals surface area contributed by atoms with E-state index in [1.54, 1.807) is 12.1 Å². The standard InChI is InChI=1S/C18H21N5O3S/c1-23(10-11-24)12-13-6-8-14(9-7-13)15-4-3-5-16(27(2,25)26)17(15)18-19-21-22-20-18/h3-9,24H,10-12H2,1-2H3,(H,19,20,21,22). The van der Waals surface area contributed by atoms with Gasteiger partial charge in [0.05, 0.1) is 11.5 Å². The molecule has 0 unspecified atom stereocenters. The number of likely N-dealkylation sites (N-methyl/N-ethyl adjacent to an activating group) is 1. The molecular formula is C18H21N5O3S. The first-order valence-corrected chi connectivity index (χ1v) is 10.2. The molecule has 3 rings (SSSR count). The second kappa shape index (κ2) is 7.95. The lowest BCUT2D eigenvalue weighted by molar-refractivity contribution is 0.217. The molecule has 2 N–H and O–H groups in total. The summed E-state index contributed by atoms with van der Waals surface area (Å²) in [6, 6.07) is 13.0. The third kappa shape index (κ3) is 4.38. The molecule has 9 heteroatoms. The van der Waals surface area contributed by atoms with E-state index >= 15 is 0 Å². The first kappa shape index (κ1) is 19.2. The average molecular weight is 387 g/mol. The predicted molar refractivity (Wildman–Crippen MR) is 102 cm³/mol. The number of aliphatic hydroxyl groups is 1. The summed E-state index contributed by atoms with van der Waals surface area (Å²) >= 11 is 0. The number of nitrogens with one attached hydrogen (secondary N) is 1. The first-order valence-electron chi connectivity index (χ1n) is 8.36. The molecule has 0 saturated heterocycles. The molecule has 0 aliphatic rings. The zero-order valence-electron chi connectivity index (χ0n) is 15.1. The normalized spacial score (nSPS) is 11.9. The van der Waals surface area contributed by atoms with Gasteiger partial charge >= 0.3 is 0 Å². The molecule has 1 aromatic heterocycles. The van der Waals surface area contributed by atoms with E-state index in [9.17, 15) is 8.42 Å². The quantitative estimate of drug-likeness (QED) is 0.629. The van der Waals surface area contributed by atoms with Crippen LogP contribution in [0.15, 0.2) is 47.4 Å². The van der Waals surface area contributed by atoms with E-state index in [1.165, 1.54) is 6.26 Å². The lowest BCUT2D eigenvalue weighted by atomic mass is 9.98. The summed E-state index contributed by atoms with van der Waals surface area (Å²) in [6.45, 7) is 1.42. The van der Waals surface area contributed by atoms with Crippen LogP contribution in [0.1, 0.15) is 5.56 Å². The average Bonchev–Trinajstić information content (AvgIpc) is 3.15. The zero-order valence-corrected chi connectivity index (χ0v) is 15.9. The van der Waals surface area contributed by atoms with Crippen molar-refractivity contribution in [2.24, 2.45) is 0 Å². The predicted octanol–water partition coefficient (Wildman–Crippen LogP) is 1.36.